The lowest BCUT2D eigenvalue weighted by atomic mass is 9.76. The summed E-state index contributed by atoms with van der Waals surface area (Å²) in [6, 6.07) is 6.10. The lowest BCUT2D eigenvalue weighted by Crippen LogP contribution is -2.47. The van der Waals surface area contributed by atoms with Crippen LogP contribution in [0.4, 0.5) is 4.39 Å². The molecule has 2 heterocycles. The number of carbonyl (C=O) groups is 2. The van der Waals surface area contributed by atoms with E-state index in [1.54, 1.807) is 18.2 Å². The van der Waals surface area contributed by atoms with Gasteiger partial charge in [0.1, 0.15) is 11.9 Å². The monoisotopic (exact) mass is 346 g/mol. The Hall–Kier alpha value is -1.95. The largest absolute Gasteiger partial charge is 0.480 e. The summed E-state index contributed by atoms with van der Waals surface area (Å²) < 4.78 is 14.2. The van der Waals surface area contributed by atoms with Gasteiger partial charge in [0.2, 0.25) is 5.91 Å². The number of halogens is 1. The summed E-state index contributed by atoms with van der Waals surface area (Å²) in [6.07, 6.45) is 3.66. The zero-order chi connectivity index (χ0) is 17.7. The van der Waals surface area contributed by atoms with Crippen LogP contribution in [-0.2, 0) is 15.0 Å². The standard InChI is InChI=1S/C19H23FN2O3/c20-14-4-2-1-3-13(14)19(5-6-19)17(25)22-9-7-18(8-10-22)11-15(16(23)24)21-12-18/h1-4,15,21H,5-12H2,(H,23,24). The highest BCUT2D eigenvalue weighted by Gasteiger charge is 2.55. The van der Waals surface area contributed by atoms with E-state index in [-0.39, 0.29) is 17.1 Å². The van der Waals surface area contributed by atoms with Crippen LogP contribution in [-0.4, -0.2) is 47.6 Å². The molecule has 0 radical (unpaired) electrons. The third kappa shape index (κ3) is 2.72. The van der Waals surface area contributed by atoms with Crippen molar-refractivity contribution >= 4 is 11.9 Å². The van der Waals surface area contributed by atoms with Crippen molar-refractivity contribution < 1.29 is 19.1 Å². The second-order valence-corrected chi connectivity index (χ2v) is 7.83. The number of likely N-dealkylation sites (tertiary alicyclic amines) is 1. The quantitative estimate of drug-likeness (QED) is 0.877. The molecule has 3 fully saturated rings. The van der Waals surface area contributed by atoms with E-state index in [9.17, 15) is 19.1 Å². The number of nitrogens with one attached hydrogen (secondary N) is 1. The molecule has 2 N–H and O–H groups in total. The molecule has 1 aliphatic carbocycles. The smallest absolute Gasteiger partial charge is 0.320 e. The molecule has 5 nitrogen and oxygen atoms in total. The summed E-state index contributed by atoms with van der Waals surface area (Å²) in [5.41, 5.74) is -0.171. The highest BCUT2D eigenvalue weighted by molar-refractivity contribution is 5.91. The van der Waals surface area contributed by atoms with E-state index in [1.165, 1.54) is 6.07 Å². The fourth-order valence-corrected chi connectivity index (χ4v) is 4.53. The molecule has 4 rings (SSSR count). The zero-order valence-corrected chi connectivity index (χ0v) is 14.1. The number of carboxylic acid groups (broad SMARTS) is 1. The average molecular weight is 346 g/mol. The summed E-state index contributed by atoms with van der Waals surface area (Å²) >= 11 is 0. The second kappa shape index (κ2) is 5.80. The molecule has 1 aromatic rings. The fraction of sp³-hybridized carbons (Fsp3) is 0.579. The zero-order valence-electron chi connectivity index (χ0n) is 14.1. The minimum atomic E-state index is -0.799. The van der Waals surface area contributed by atoms with E-state index >= 15 is 0 Å². The third-order valence-corrected chi connectivity index (χ3v) is 6.32. The van der Waals surface area contributed by atoms with Gasteiger partial charge in [-0.05, 0) is 43.6 Å². The van der Waals surface area contributed by atoms with Crippen LogP contribution in [0.5, 0.6) is 0 Å². The van der Waals surface area contributed by atoms with Crippen molar-refractivity contribution in [2.75, 3.05) is 19.6 Å². The first kappa shape index (κ1) is 16.5. The third-order valence-electron chi connectivity index (χ3n) is 6.32. The summed E-state index contributed by atoms with van der Waals surface area (Å²) in [4.78, 5) is 26.1. The Morgan fingerprint density at radius 1 is 1.16 bits per heavy atom. The van der Waals surface area contributed by atoms with Crippen molar-refractivity contribution in [2.24, 2.45) is 5.41 Å². The highest BCUT2D eigenvalue weighted by atomic mass is 19.1. The molecule has 1 aromatic carbocycles. The number of amides is 1. The molecule has 0 aromatic heterocycles. The van der Waals surface area contributed by atoms with Gasteiger partial charge in [-0.3, -0.25) is 9.59 Å². The Balaban J connectivity index is 1.44. The molecule has 6 heteroatoms. The van der Waals surface area contributed by atoms with Gasteiger partial charge in [0.25, 0.3) is 0 Å². The molecule has 1 unspecified atom stereocenters. The van der Waals surface area contributed by atoms with Gasteiger partial charge in [-0.2, -0.15) is 0 Å². The minimum Gasteiger partial charge on any atom is -0.480 e. The fourth-order valence-electron chi connectivity index (χ4n) is 4.53. The van der Waals surface area contributed by atoms with Crippen molar-refractivity contribution in [1.29, 1.82) is 0 Å². The molecule has 1 saturated carbocycles. The topological polar surface area (TPSA) is 69.6 Å². The minimum absolute atomic E-state index is 0.0193. The van der Waals surface area contributed by atoms with E-state index in [0.29, 0.717) is 44.5 Å². The van der Waals surface area contributed by atoms with Gasteiger partial charge in [-0.25, -0.2) is 4.39 Å². The van der Waals surface area contributed by atoms with Gasteiger partial charge in [0.15, 0.2) is 0 Å². The van der Waals surface area contributed by atoms with Crippen LogP contribution in [0.3, 0.4) is 0 Å². The SMILES string of the molecule is O=C(O)C1CC2(CCN(C(=O)C3(c4ccccc4F)CC3)CC2)CN1. The van der Waals surface area contributed by atoms with Crippen molar-refractivity contribution in [2.45, 2.75) is 43.6 Å². The molecule has 134 valence electrons. The predicted molar refractivity (Wildman–Crippen MR) is 89.6 cm³/mol. The van der Waals surface area contributed by atoms with Crippen LogP contribution in [0.1, 0.15) is 37.7 Å². The Labute approximate surface area is 146 Å². The van der Waals surface area contributed by atoms with Crippen LogP contribution >= 0.6 is 0 Å². The van der Waals surface area contributed by atoms with Gasteiger partial charge >= 0.3 is 5.97 Å². The van der Waals surface area contributed by atoms with Gasteiger partial charge in [-0.15, -0.1) is 0 Å². The van der Waals surface area contributed by atoms with Crippen LogP contribution in [0, 0.1) is 11.2 Å². The normalized spacial score (nSPS) is 26.6. The summed E-state index contributed by atoms with van der Waals surface area (Å²) in [7, 11) is 0. The number of carbonyl (C=O) groups excluding carboxylic acids is 1. The highest BCUT2D eigenvalue weighted by Crippen LogP contribution is 2.51. The van der Waals surface area contributed by atoms with E-state index in [0.717, 1.165) is 12.8 Å². The van der Waals surface area contributed by atoms with Gasteiger partial charge < -0.3 is 15.3 Å². The lowest BCUT2D eigenvalue weighted by Gasteiger charge is -2.40. The van der Waals surface area contributed by atoms with Crippen LogP contribution < -0.4 is 5.32 Å². The Morgan fingerprint density at radius 3 is 2.40 bits per heavy atom. The summed E-state index contributed by atoms with van der Waals surface area (Å²) in [5, 5.41) is 12.3. The second-order valence-electron chi connectivity index (χ2n) is 7.83. The first-order valence-electron chi connectivity index (χ1n) is 8.96. The molecule has 3 aliphatic rings. The van der Waals surface area contributed by atoms with Crippen LogP contribution in [0.25, 0.3) is 0 Å². The molecule has 1 atom stereocenters. The molecule has 1 spiro atoms. The number of aliphatic carboxylic acids is 1. The van der Waals surface area contributed by atoms with Crippen molar-refractivity contribution in [3.63, 3.8) is 0 Å². The number of carboxylic acids is 1. The van der Waals surface area contributed by atoms with E-state index in [4.69, 9.17) is 0 Å². The Morgan fingerprint density at radius 2 is 1.84 bits per heavy atom. The van der Waals surface area contributed by atoms with E-state index < -0.39 is 17.4 Å². The Kier molecular flexibility index (Phi) is 3.83. The first-order valence-corrected chi connectivity index (χ1v) is 8.96. The summed E-state index contributed by atoms with van der Waals surface area (Å²) in [6.45, 7) is 1.95. The van der Waals surface area contributed by atoms with E-state index in [1.807, 2.05) is 4.90 Å². The number of nitrogens with zero attached hydrogens (tertiary/aromatic N) is 1. The lowest BCUT2D eigenvalue weighted by molar-refractivity contribution is -0.140. The van der Waals surface area contributed by atoms with Gasteiger partial charge in [0, 0.05) is 25.2 Å². The van der Waals surface area contributed by atoms with Crippen molar-refractivity contribution in [3.05, 3.63) is 35.6 Å². The molecule has 1 amide bonds. The van der Waals surface area contributed by atoms with E-state index in [2.05, 4.69) is 5.32 Å². The maximum Gasteiger partial charge on any atom is 0.320 e. The van der Waals surface area contributed by atoms with Gasteiger partial charge in [0.05, 0.1) is 5.41 Å². The van der Waals surface area contributed by atoms with Crippen molar-refractivity contribution in [1.82, 2.24) is 10.2 Å². The molecule has 2 saturated heterocycles. The molecule has 2 aliphatic heterocycles. The molecule has 25 heavy (non-hydrogen) atoms. The maximum atomic E-state index is 14.2. The molecular formula is C19H23FN2O3. The first-order chi connectivity index (χ1) is 12.0. The Bertz CT molecular complexity index is 708. The maximum absolute atomic E-state index is 14.2. The number of benzene rings is 1. The number of hydrogen-bond donors (Lipinski definition) is 2. The number of rotatable bonds is 3. The van der Waals surface area contributed by atoms with Crippen molar-refractivity contribution in [3.8, 4) is 0 Å². The van der Waals surface area contributed by atoms with Crippen LogP contribution in [0.15, 0.2) is 24.3 Å². The number of hydrogen-bond acceptors (Lipinski definition) is 3. The molecule has 0 bridgehead atoms. The predicted octanol–water partition coefficient (Wildman–Crippen LogP) is 1.91. The molecular weight excluding hydrogens is 323 g/mol. The summed E-state index contributed by atoms with van der Waals surface area (Å²) in [5.74, 6) is -1.06. The van der Waals surface area contributed by atoms with Crippen LogP contribution in [0.2, 0.25) is 0 Å². The number of piperidine rings is 1. The average Bonchev–Trinajstić information content (AvgIpc) is 3.31. The van der Waals surface area contributed by atoms with Gasteiger partial charge in [-0.1, -0.05) is 18.2 Å².